The first-order chi connectivity index (χ1) is 10.2. The molecule has 1 aliphatic heterocycles. The van der Waals surface area contributed by atoms with E-state index < -0.39 is 5.97 Å². The molecule has 0 aliphatic carbocycles. The topological polar surface area (TPSA) is 55.6 Å². The van der Waals surface area contributed by atoms with E-state index in [0.29, 0.717) is 11.3 Å². The third kappa shape index (κ3) is 2.57. The van der Waals surface area contributed by atoms with Crippen LogP contribution in [0.2, 0.25) is 0 Å². The van der Waals surface area contributed by atoms with E-state index in [-0.39, 0.29) is 0 Å². The second-order valence-electron chi connectivity index (χ2n) is 5.21. The number of nitrogen functional groups attached to an aromatic ring is 1. The van der Waals surface area contributed by atoms with Gasteiger partial charge in [-0.1, -0.05) is 24.3 Å². The van der Waals surface area contributed by atoms with E-state index in [1.165, 1.54) is 18.4 Å². The number of carbonyl (C=O) groups excluding carboxylic acids is 1. The van der Waals surface area contributed by atoms with Gasteiger partial charge in [-0.3, -0.25) is 0 Å². The highest BCUT2D eigenvalue weighted by Crippen LogP contribution is 2.29. The minimum absolute atomic E-state index is 0.392. The molecule has 108 valence electrons. The Morgan fingerprint density at radius 3 is 2.90 bits per heavy atom. The molecule has 0 aromatic heterocycles. The number of anilines is 2. The van der Waals surface area contributed by atoms with Gasteiger partial charge in [0.15, 0.2) is 0 Å². The number of nitrogens with two attached hydrogens (primary N) is 1. The van der Waals surface area contributed by atoms with Gasteiger partial charge in [-0.15, -0.1) is 0 Å². The van der Waals surface area contributed by atoms with Crippen LogP contribution in [0.5, 0.6) is 0 Å². The minimum Gasteiger partial charge on any atom is -0.465 e. The average Bonchev–Trinajstić information content (AvgIpc) is 2.92. The van der Waals surface area contributed by atoms with E-state index in [0.717, 1.165) is 25.1 Å². The second-order valence-corrected chi connectivity index (χ2v) is 5.21. The molecule has 0 saturated heterocycles. The third-order valence-corrected chi connectivity index (χ3v) is 3.88. The minimum atomic E-state index is -0.392. The zero-order valence-electron chi connectivity index (χ0n) is 12.0. The van der Waals surface area contributed by atoms with Crippen molar-refractivity contribution < 1.29 is 9.53 Å². The normalized spacial score (nSPS) is 13.1. The van der Waals surface area contributed by atoms with E-state index in [4.69, 9.17) is 10.5 Å². The van der Waals surface area contributed by atoms with Crippen molar-refractivity contribution in [3.05, 3.63) is 59.2 Å². The monoisotopic (exact) mass is 282 g/mol. The molecule has 2 aromatic rings. The Kier molecular flexibility index (Phi) is 3.52. The van der Waals surface area contributed by atoms with Crippen LogP contribution in [0.3, 0.4) is 0 Å². The van der Waals surface area contributed by atoms with Gasteiger partial charge < -0.3 is 15.4 Å². The maximum atomic E-state index is 11.7. The molecule has 0 spiro atoms. The third-order valence-electron chi connectivity index (χ3n) is 3.88. The Bertz CT molecular complexity index is 682. The van der Waals surface area contributed by atoms with Gasteiger partial charge in [-0.25, -0.2) is 4.79 Å². The predicted molar refractivity (Wildman–Crippen MR) is 83.4 cm³/mol. The van der Waals surface area contributed by atoms with Crippen molar-refractivity contribution in [1.82, 2.24) is 0 Å². The van der Waals surface area contributed by atoms with Gasteiger partial charge >= 0.3 is 5.97 Å². The van der Waals surface area contributed by atoms with Crippen molar-refractivity contribution in [2.75, 3.05) is 24.3 Å². The number of esters is 1. The SMILES string of the molecule is COC(=O)c1cc(CN2CCc3ccccc32)ccc1N. The Balaban J connectivity index is 1.85. The van der Waals surface area contributed by atoms with E-state index in [1.54, 1.807) is 6.07 Å². The summed E-state index contributed by atoms with van der Waals surface area (Å²) in [4.78, 5) is 14.0. The second kappa shape index (κ2) is 5.48. The number of benzene rings is 2. The summed E-state index contributed by atoms with van der Waals surface area (Å²) in [5.74, 6) is -0.392. The molecule has 0 radical (unpaired) electrons. The van der Waals surface area contributed by atoms with Crippen LogP contribution in [0.4, 0.5) is 11.4 Å². The Morgan fingerprint density at radius 2 is 2.10 bits per heavy atom. The fourth-order valence-corrected chi connectivity index (χ4v) is 2.78. The summed E-state index contributed by atoms with van der Waals surface area (Å²) < 4.78 is 4.77. The van der Waals surface area contributed by atoms with Crippen LogP contribution in [-0.2, 0) is 17.7 Å². The molecule has 0 amide bonds. The van der Waals surface area contributed by atoms with Crippen molar-refractivity contribution >= 4 is 17.3 Å². The highest BCUT2D eigenvalue weighted by atomic mass is 16.5. The number of rotatable bonds is 3. The van der Waals surface area contributed by atoms with Gasteiger partial charge in [0.05, 0.1) is 12.7 Å². The van der Waals surface area contributed by atoms with Gasteiger partial charge in [0.2, 0.25) is 0 Å². The largest absolute Gasteiger partial charge is 0.465 e. The van der Waals surface area contributed by atoms with E-state index >= 15 is 0 Å². The smallest absolute Gasteiger partial charge is 0.339 e. The molecular weight excluding hydrogens is 264 g/mol. The first-order valence-electron chi connectivity index (χ1n) is 6.98. The van der Waals surface area contributed by atoms with E-state index in [1.807, 2.05) is 12.1 Å². The first-order valence-corrected chi connectivity index (χ1v) is 6.98. The number of para-hydroxylation sites is 1. The van der Waals surface area contributed by atoms with Crippen molar-refractivity contribution in [2.24, 2.45) is 0 Å². The molecule has 4 heteroatoms. The maximum Gasteiger partial charge on any atom is 0.339 e. The van der Waals surface area contributed by atoms with Gasteiger partial charge in [-0.05, 0) is 35.7 Å². The standard InChI is InChI=1S/C17H18N2O2/c1-21-17(20)14-10-12(6-7-15(14)18)11-19-9-8-13-4-2-3-5-16(13)19/h2-7,10H,8-9,11,18H2,1H3. The number of nitrogens with zero attached hydrogens (tertiary/aromatic N) is 1. The van der Waals surface area contributed by atoms with Gasteiger partial charge in [0.1, 0.15) is 0 Å². The van der Waals surface area contributed by atoms with Crippen LogP contribution < -0.4 is 10.6 Å². The lowest BCUT2D eigenvalue weighted by atomic mass is 10.1. The number of hydrogen-bond acceptors (Lipinski definition) is 4. The predicted octanol–water partition coefficient (Wildman–Crippen LogP) is 2.62. The fraction of sp³-hybridized carbons (Fsp3) is 0.235. The molecule has 1 aliphatic rings. The molecule has 3 rings (SSSR count). The van der Waals surface area contributed by atoms with Gasteiger partial charge in [0, 0.05) is 24.5 Å². The Morgan fingerprint density at radius 1 is 1.29 bits per heavy atom. The van der Waals surface area contributed by atoms with Crippen LogP contribution in [-0.4, -0.2) is 19.6 Å². The van der Waals surface area contributed by atoms with E-state index in [9.17, 15) is 4.79 Å². The molecule has 0 atom stereocenters. The highest BCUT2D eigenvalue weighted by Gasteiger charge is 2.19. The number of ether oxygens (including phenoxy) is 1. The molecule has 0 bridgehead atoms. The Hall–Kier alpha value is -2.49. The summed E-state index contributed by atoms with van der Waals surface area (Å²) in [5, 5.41) is 0. The van der Waals surface area contributed by atoms with Crippen LogP contribution in [0.25, 0.3) is 0 Å². The summed E-state index contributed by atoms with van der Waals surface area (Å²) in [6, 6.07) is 14.0. The van der Waals surface area contributed by atoms with Crippen molar-refractivity contribution in [3.8, 4) is 0 Å². The molecular formula is C17H18N2O2. The summed E-state index contributed by atoms with van der Waals surface area (Å²) >= 11 is 0. The zero-order chi connectivity index (χ0) is 14.8. The summed E-state index contributed by atoms with van der Waals surface area (Å²) in [6.07, 6.45) is 1.06. The lowest BCUT2D eigenvalue weighted by molar-refractivity contribution is 0.0602. The van der Waals surface area contributed by atoms with Gasteiger partial charge in [0.25, 0.3) is 0 Å². The molecule has 0 unspecified atom stereocenters. The van der Waals surface area contributed by atoms with Crippen LogP contribution >= 0.6 is 0 Å². The molecule has 2 aromatic carbocycles. The maximum absolute atomic E-state index is 11.7. The number of methoxy groups -OCH3 is 1. The van der Waals surface area contributed by atoms with Gasteiger partial charge in [-0.2, -0.15) is 0 Å². The Labute approximate surface area is 124 Å². The average molecular weight is 282 g/mol. The number of fused-ring (bicyclic) bond motifs is 1. The van der Waals surface area contributed by atoms with E-state index in [2.05, 4.69) is 29.2 Å². The van der Waals surface area contributed by atoms with Crippen molar-refractivity contribution in [1.29, 1.82) is 0 Å². The molecule has 21 heavy (non-hydrogen) atoms. The fourth-order valence-electron chi connectivity index (χ4n) is 2.78. The summed E-state index contributed by atoms with van der Waals surface area (Å²) in [6.45, 7) is 1.76. The quantitative estimate of drug-likeness (QED) is 0.694. The number of hydrogen-bond donors (Lipinski definition) is 1. The molecule has 0 fully saturated rings. The van der Waals surface area contributed by atoms with Crippen LogP contribution in [0.1, 0.15) is 21.5 Å². The lowest BCUT2D eigenvalue weighted by Crippen LogP contribution is -2.20. The molecule has 2 N–H and O–H groups in total. The molecule has 1 heterocycles. The summed E-state index contributed by atoms with van der Waals surface area (Å²) in [5.41, 5.74) is 10.4. The van der Waals surface area contributed by atoms with Crippen molar-refractivity contribution in [3.63, 3.8) is 0 Å². The van der Waals surface area contributed by atoms with Crippen molar-refractivity contribution in [2.45, 2.75) is 13.0 Å². The first kappa shape index (κ1) is 13.5. The molecule has 4 nitrogen and oxygen atoms in total. The lowest BCUT2D eigenvalue weighted by Gasteiger charge is -2.20. The van der Waals surface area contributed by atoms with Crippen LogP contribution in [0, 0.1) is 0 Å². The highest BCUT2D eigenvalue weighted by molar-refractivity contribution is 5.95. The summed E-state index contributed by atoms with van der Waals surface area (Å²) in [7, 11) is 1.37. The molecule has 0 saturated carbocycles. The zero-order valence-corrected chi connectivity index (χ0v) is 12.0. The number of carbonyl (C=O) groups is 1. The van der Waals surface area contributed by atoms with Crippen LogP contribution in [0.15, 0.2) is 42.5 Å².